The van der Waals surface area contributed by atoms with Crippen LogP contribution in [0.4, 0.5) is 0 Å². The van der Waals surface area contributed by atoms with E-state index < -0.39 is 0 Å². The summed E-state index contributed by atoms with van der Waals surface area (Å²) in [6.07, 6.45) is 0.522. The maximum absolute atomic E-state index is 12.0. The van der Waals surface area contributed by atoms with Crippen molar-refractivity contribution in [3.8, 4) is 5.75 Å². The fourth-order valence-corrected chi connectivity index (χ4v) is 2.19. The Kier molecular flexibility index (Phi) is 5.55. The van der Waals surface area contributed by atoms with Crippen LogP contribution in [0.2, 0.25) is 0 Å². The van der Waals surface area contributed by atoms with Gasteiger partial charge < -0.3 is 9.84 Å². The molecular weight excluding hydrogens is 367 g/mol. The summed E-state index contributed by atoms with van der Waals surface area (Å²) < 4.78 is 6.66. The lowest BCUT2D eigenvalue weighted by molar-refractivity contribution is 0.0921. The maximum atomic E-state index is 12.0. The molecule has 0 heterocycles. The van der Waals surface area contributed by atoms with Crippen molar-refractivity contribution >= 4 is 28.4 Å². The van der Waals surface area contributed by atoms with Crippen molar-refractivity contribution in [1.82, 2.24) is 0 Å². The highest BCUT2D eigenvalue weighted by molar-refractivity contribution is 14.1. The summed E-state index contributed by atoms with van der Waals surface area (Å²) in [5.74, 6) is 0.598. The van der Waals surface area contributed by atoms with E-state index >= 15 is 0 Å². The monoisotopic (exact) mass is 382 g/mol. The number of carbonyl (C=O) groups is 1. The van der Waals surface area contributed by atoms with E-state index in [4.69, 9.17) is 9.84 Å². The SMILES string of the molecule is O=C(COc1ccccc1CCO)c1ccc(I)cc1. The molecule has 1 N–H and O–H groups in total. The minimum atomic E-state index is -0.0554. The molecule has 0 aliphatic rings. The summed E-state index contributed by atoms with van der Waals surface area (Å²) in [4.78, 5) is 12.0. The Bertz CT molecular complexity index is 579. The fraction of sp³-hybridized carbons (Fsp3) is 0.188. The van der Waals surface area contributed by atoms with Crippen LogP contribution >= 0.6 is 22.6 Å². The summed E-state index contributed by atoms with van der Waals surface area (Å²) >= 11 is 2.20. The molecule has 0 atom stereocenters. The third kappa shape index (κ3) is 4.05. The average molecular weight is 382 g/mol. The number of aliphatic hydroxyl groups is 1. The van der Waals surface area contributed by atoms with Gasteiger partial charge in [-0.15, -0.1) is 0 Å². The van der Waals surface area contributed by atoms with Gasteiger partial charge in [-0.1, -0.05) is 30.3 Å². The number of para-hydroxylation sites is 1. The molecule has 0 bridgehead atoms. The van der Waals surface area contributed by atoms with Gasteiger partial charge in [-0.2, -0.15) is 0 Å². The molecule has 0 saturated carbocycles. The lowest BCUT2D eigenvalue weighted by Crippen LogP contribution is -2.12. The quantitative estimate of drug-likeness (QED) is 0.617. The topological polar surface area (TPSA) is 46.5 Å². The van der Waals surface area contributed by atoms with Gasteiger partial charge in [0.05, 0.1) is 0 Å². The number of Topliss-reactive ketones (excluding diaryl/α,β-unsaturated/α-hetero) is 1. The Morgan fingerprint density at radius 2 is 1.80 bits per heavy atom. The molecule has 104 valence electrons. The number of carbonyl (C=O) groups excluding carboxylic acids is 1. The molecule has 0 amide bonds. The summed E-state index contributed by atoms with van der Waals surface area (Å²) in [6, 6.07) is 14.8. The minimum absolute atomic E-state index is 0.00301. The second kappa shape index (κ2) is 7.40. The first-order valence-electron chi connectivity index (χ1n) is 6.31. The van der Waals surface area contributed by atoms with Crippen LogP contribution in [0.25, 0.3) is 0 Å². The van der Waals surface area contributed by atoms with E-state index in [1.165, 1.54) is 0 Å². The Balaban J connectivity index is 2.01. The Labute approximate surface area is 131 Å². The second-order valence-corrected chi connectivity index (χ2v) is 5.55. The number of aliphatic hydroxyl groups excluding tert-OH is 1. The number of benzene rings is 2. The molecule has 4 heteroatoms. The highest BCUT2D eigenvalue weighted by atomic mass is 127. The molecule has 0 spiro atoms. The minimum Gasteiger partial charge on any atom is -0.485 e. The van der Waals surface area contributed by atoms with E-state index in [-0.39, 0.29) is 19.0 Å². The lowest BCUT2D eigenvalue weighted by atomic mass is 10.1. The van der Waals surface area contributed by atoms with Gasteiger partial charge in [-0.05, 0) is 52.8 Å². The van der Waals surface area contributed by atoms with Crippen LogP contribution in [-0.2, 0) is 6.42 Å². The van der Waals surface area contributed by atoms with Crippen LogP contribution in [0.1, 0.15) is 15.9 Å². The molecule has 0 aliphatic heterocycles. The predicted octanol–water partition coefficient (Wildman–Crippen LogP) is 3.09. The number of halogens is 1. The predicted molar refractivity (Wildman–Crippen MR) is 86.2 cm³/mol. The van der Waals surface area contributed by atoms with Gasteiger partial charge in [0.2, 0.25) is 0 Å². The molecule has 2 rings (SSSR count). The highest BCUT2D eigenvalue weighted by Crippen LogP contribution is 2.18. The maximum Gasteiger partial charge on any atom is 0.200 e. The van der Waals surface area contributed by atoms with E-state index in [9.17, 15) is 4.79 Å². The highest BCUT2D eigenvalue weighted by Gasteiger charge is 2.08. The average Bonchev–Trinajstić information content (AvgIpc) is 2.47. The van der Waals surface area contributed by atoms with E-state index in [1.807, 2.05) is 36.4 Å². The zero-order chi connectivity index (χ0) is 14.4. The molecule has 0 unspecified atom stereocenters. The van der Waals surface area contributed by atoms with Crippen molar-refractivity contribution in [3.63, 3.8) is 0 Å². The Morgan fingerprint density at radius 1 is 1.10 bits per heavy atom. The Morgan fingerprint density at radius 3 is 2.50 bits per heavy atom. The van der Waals surface area contributed by atoms with Gasteiger partial charge in [0.1, 0.15) is 5.75 Å². The molecule has 20 heavy (non-hydrogen) atoms. The van der Waals surface area contributed by atoms with Crippen molar-refractivity contribution in [2.45, 2.75) is 6.42 Å². The summed E-state index contributed by atoms with van der Waals surface area (Å²) in [5, 5.41) is 9.00. The van der Waals surface area contributed by atoms with Gasteiger partial charge in [0.15, 0.2) is 12.4 Å². The second-order valence-electron chi connectivity index (χ2n) is 4.30. The van der Waals surface area contributed by atoms with Crippen LogP contribution in [-0.4, -0.2) is 24.1 Å². The van der Waals surface area contributed by atoms with Gasteiger partial charge in [0, 0.05) is 15.7 Å². The first-order chi connectivity index (χ1) is 9.70. The van der Waals surface area contributed by atoms with E-state index in [1.54, 1.807) is 12.1 Å². The molecule has 0 fully saturated rings. The van der Waals surface area contributed by atoms with Gasteiger partial charge in [0.25, 0.3) is 0 Å². The zero-order valence-corrected chi connectivity index (χ0v) is 13.0. The molecule has 0 aliphatic carbocycles. The fourth-order valence-electron chi connectivity index (χ4n) is 1.83. The summed E-state index contributed by atoms with van der Waals surface area (Å²) in [5.41, 5.74) is 1.55. The zero-order valence-electron chi connectivity index (χ0n) is 10.9. The largest absolute Gasteiger partial charge is 0.485 e. The van der Waals surface area contributed by atoms with Crippen molar-refractivity contribution < 1.29 is 14.6 Å². The van der Waals surface area contributed by atoms with E-state index in [0.717, 1.165) is 9.13 Å². The van der Waals surface area contributed by atoms with Gasteiger partial charge in [-0.3, -0.25) is 4.79 Å². The normalized spacial score (nSPS) is 10.3. The molecular formula is C16H15IO3. The van der Waals surface area contributed by atoms with E-state index in [2.05, 4.69) is 22.6 Å². The van der Waals surface area contributed by atoms with Crippen molar-refractivity contribution in [2.75, 3.05) is 13.2 Å². The van der Waals surface area contributed by atoms with E-state index in [0.29, 0.717) is 17.7 Å². The molecule has 2 aromatic carbocycles. The first-order valence-corrected chi connectivity index (χ1v) is 7.39. The van der Waals surface area contributed by atoms with Crippen molar-refractivity contribution in [2.24, 2.45) is 0 Å². The molecule has 2 aromatic rings. The standard InChI is InChI=1S/C16H15IO3/c17-14-7-5-12(6-8-14)15(19)11-20-16-4-2-1-3-13(16)9-10-18/h1-8,18H,9-11H2. The van der Waals surface area contributed by atoms with Crippen LogP contribution < -0.4 is 4.74 Å². The smallest absolute Gasteiger partial charge is 0.200 e. The number of hydrogen-bond donors (Lipinski definition) is 1. The molecule has 0 radical (unpaired) electrons. The van der Waals surface area contributed by atoms with Gasteiger partial charge in [-0.25, -0.2) is 0 Å². The van der Waals surface area contributed by atoms with Crippen molar-refractivity contribution in [1.29, 1.82) is 0 Å². The number of ketones is 1. The van der Waals surface area contributed by atoms with Crippen molar-refractivity contribution in [3.05, 3.63) is 63.2 Å². The summed E-state index contributed by atoms with van der Waals surface area (Å²) in [6.45, 7) is 0.0640. The number of rotatable bonds is 6. The summed E-state index contributed by atoms with van der Waals surface area (Å²) in [7, 11) is 0. The van der Waals surface area contributed by atoms with Gasteiger partial charge >= 0.3 is 0 Å². The van der Waals surface area contributed by atoms with Crippen LogP contribution in [0.3, 0.4) is 0 Å². The molecule has 3 nitrogen and oxygen atoms in total. The first kappa shape index (κ1) is 15.0. The third-order valence-corrected chi connectivity index (χ3v) is 3.60. The third-order valence-electron chi connectivity index (χ3n) is 2.88. The van der Waals surface area contributed by atoms with Crippen LogP contribution in [0, 0.1) is 3.57 Å². The molecule has 0 aromatic heterocycles. The lowest BCUT2D eigenvalue weighted by Gasteiger charge is -2.10. The number of hydrogen-bond acceptors (Lipinski definition) is 3. The molecule has 0 saturated heterocycles. The van der Waals surface area contributed by atoms with Crippen LogP contribution in [0.15, 0.2) is 48.5 Å². The van der Waals surface area contributed by atoms with Crippen LogP contribution in [0.5, 0.6) is 5.75 Å². The Hall–Kier alpha value is -1.40. The number of ether oxygens (including phenoxy) is 1.